The van der Waals surface area contributed by atoms with Gasteiger partial charge >= 0.3 is 5.69 Å². The Balaban J connectivity index is 2.56. The van der Waals surface area contributed by atoms with Crippen molar-refractivity contribution in [2.24, 2.45) is 7.05 Å². The molecule has 1 aromatic carbocycles. The molecule has 0 saturated carbocycles. The van der Waals surface area contributed by atoms with Crippen LogP contribution in [-0.2, 0) is 13.6 Å². The number of hydrogen-bond donors (Lipinski definition) is 0. The molecule has 0 atom stereocenters. The van der Waals surface area contributed by atoms with Crippen LogP contribution >= 0.6 is 34.2 Å². The highest BCUT2D eigenvalue weighted by atomic mass is 127. The van der Waals surface area contributed by atoms with Gasteiger partial charge in [-0.3, -0.25) is 9.36 Å². The molecule has 0 unspecified atom stereocenters. The van der Waals surface area contributed by atoms with Gasteiger partial charge in [-0.1, -0.05) is 23.7 Å². The van der Waals surface area contributed by atoms with Crippen molar-refractivity contribution in [3.63, 3.8) is 0 Å². The molecular weight excluding hydrogens is 379 g/mol. The molecule has 0 saturated heterocycles. The Hall–Kier alpha value is -1.08. The molecule has 100 valence electrons. The summed E-state index contributed by atoms with van der Waals surface area (Å²) in [4.78, 5) is 24.0. The highest BCUT2D eigenvalue weighted by molar-refractivity contribution is 14.1. The van der Waals surface area contributed by atoms with Crippen molar-refractivity contribution < 1.29 is 0 Å². The molecule has 0 aliphatic heterocycles. The van der Waals surface area contributed by atoms with E-state index in [9.17, 15) is 9.59 Å². The maximum Gasteiger partial charge on any atom is 0.331 e. The average Bonchev–Trinajstić information content (AvgIpc) is 2.34. The third-order valence-corrected chi connectivity index (χ3v) is 3.92. The third-order valence-electron chi connectivity index (χ3n) is 2.83. The van der Waals surface area contributed by atoms with Crippen LogP contribution in [0.5, 0.6) is 0 Å². The van der Waals surface area contributed by atoms with Crippen molar-refractivity contribution in [1.29, 1.82) is 0 Å². The average molecular weight is 391 g/mol. The van der Waals surface area contributed by atoms with Gasteiger partial charge in [0.05, 0.1) is 10.1 Å². The van der Waals surface area contributed by atoms with Gasteiger partial charge in [0.15, 0.2) is 0 Å². The molecule has 2 aromatic rings. The number of benzene rings is 1. The van der Waals surface area contributed by atoms with Gasteiger partial charge in [0, 0.05) is 18.3 Å². The lowest BCUT2D eigenvalue weighted by atomic mass is 10.1. The Kier molecular flexibility index (Phi) is 4.15. The first-order valence-corrected chi connectivity index (χ1v) is 7.07. The standard InChI is InChI=1S/C13H12ClIN2O2/c1-8-3-4-9(10(14)5-8)6-17-12(18)11(15)7-16(2)13(17)19/h3-5,7H,6H2,1-2H3. The molecule has 19 heavy (non-hydrogen) atoms. The normalized spacial score (nSPS) is 10.7. The molecule has 0 fully saturated rings. The maximum absolute atomic E-state index is 12.0. The molecular formula is C13H12ClIN2O2. The zero-order valence-corrected chi connectivity index (χ0v) is 13.4. The first kappa shape index (κ1) is 14.3. The van der Waals surface area contributed by atoms with Gasteiger partial charge in [0.1, 0.15) is 0 Å². The van der Waals surface area contributed by atoms with Gasteiger partial charge in [-0.05, 0) is 46.7 Å². The summed E-state index contributed by atoms with van der Waals surface area (Å²) in [7, 11) is 1.62. The summed E-state index contributed by atoms with van der Waals surface area (Å²) in [6.45, 7) is 2.12. The van der Waals surface area contributed by atoms with E-state index in [1.807, 2.05) is 47.7 Å². The highest BCUT2D eigenvalue weighted by Gasteiger charge is 2.10. The molecule has 0 amide bonds. The van der Waals surface area contributed by atoms with E-state index in [2.05, 4.69) is 0 Å². The number of aryl methyl sites for hydroxylation is 2. The quantitative estimate of drug-likeness (QED) is 0.738. The monoisotopic (exact) mass is 390 g/mol. The summed E-state index contributed by atoms with van der Waals surface area (Å²) in [5, 5.41) is 0.563. The summed E-state index contributed by atoms with van der Waals surface area (Å²) >= 11 is 8.06. The minimum atomic E-state index is -0.345. The molecule has 1 aromatic heterocycles. The van der Waals surface area contributed by atoms with E-state index < -0.39 is 0 Å². The molecule has 0 spiro atoms. The Morgan fingerprint density at radius 1 is 1.32 bits per heavy atom. The van der Waals surface area contributed by atoms with Crippen molar-refractivity contribution in [3.05, 3.63) is 65.0 Å². The summed E-state index contributed by atoms with van der Waals surface area (Å²) < 4.78 is 3.09. The van der Waals surface area contributed by atoms with Gasteiger partial charge in [-0.15, -0.1) is 0 Å². The second-order valence-corrected chi connectivity index (χ2v) is 5.93. The number of nitrogens with zero attached hydrogens (tertiary/aromatic N) is 2. The fourth-order valence-electron chi connectivity index (χ4n) is 1.78. The Morgan fingerprint density at radius 2 is 2.00 bits per heavy atom. The van der Waals surface area contributed by atoms with Crippen molar-refractivity contribution >= 4 is 34.2 Å². The second kappa shape index (κ2) is 5.50. The number of aromatic nitrogens is 2. The first-order chi connectivity index (χ1) is 8.90. The Bertz CT molecular complexity index is 715. The summed E-state index contributed by atoms with van der Waals surface area (Å²) in [6.07, 6.45) is 1.53. The van der Waals surface area contributed by atoms with Gasteiger partial charge < -0.3 is 4.57 Å². The van der Waals surface area contributed by atoms with Crippen LogP contribution in [0.25, 0.3) is 0 Å². The molecule has 0 radical (unpaired) electrons. The van der Waals surface area contributed by atoms with Crippen LogP contribution in [-0.4, -0.2) is 9.13 Å². The van der Waals surface area contributed by atoms with Gasteiger partial charge in [-0.2, -0.15) is 0 Å². The molecule has 6 heteroatoms. The number of hydrogen-bond acceptors (Lipinski definition) is 2. The van der Waals surface area contributed by atoms with Gasteiger partial charge in [0.25, 0.3) is 5.56 Å². The number of halogens is 2. The minimum Gasteiger partial charge on any atom is -0.302 e. The van der Waals surface area contributed by atoms with Crippen LogP contribution < -0.4 is 11.2 Å². The topological polar surface area (TPSA) is 44.0 Å². The van der Waals surface area contributed by atoms with E-state index in [0.29, 0.717) is 8.59 Å². The molecule has 1 heterocycles. The fraction of sp³-hybridized carbons (Fsp3) is 0.231. The third kappa shape index (κ3) is 2.92. The molecule has 0 N–H and O–H groups in total. The molecule has 4 nitrogen and oxygen atoms in total. The van der Waals surface area contributed by atoms with E-state index in [1.54, 1.807) is 7.05 Å². The van der Waals surface area contributed by atoms with E-state index in [-0.39, 0.29) is 17.8 Å². The van der Waals surface area contributed by atoms with E-state index in [0.717, 1.165) is 11.1 Å². The van der Waals surface area contributed by atoms with Crippen LogP contribution in [0.15, 0.2) is 34.0 Å². The SMILES string of the molecule is Cc1ccc(Cn2c(=O)c(I)cn(C)c2=O)c(Cl)c1. The van der Waals surface area contributed by atoms with Crippen LogP contribution in [0.2, 0.25) is 5.02 Å². The lowest BCUT2D eigenvalue weighted by Gasteiger charge is -2.09. The molecule has 0 aliphatic rings. The van der Waals surface area contributed by atoms with E-state index in [4.69, 9.17) is 11.6 Å². The van der Waals surface area contributed by atoms with Gasteiger partial charge in [-0.25, -0.2) is 4.79 Å². The predicted molar refractivity (Wildman–Crippen MR) is 84.0 cm³/mol. The van der Waals surface area contributed by atoms with Crippen LogP contribution in [0.1, 0.15) is 11.1 Å². The lowest BCUT2D eigenvalue weighted by Crippen LogP contribution is -2.40. The Labute approximate surface area is 128 Å². The van der Waals surface area contributed by atoms with Crippen molar-refractivity contribution in [3.8, 4) is 0 Å². The van der Waals surface area contributed by atoms with E-state index in [1.165, 1.54) is 15.3 Å². The zero-order chi connectivity index (χ0) is 14.2. The van der Waals surface area contributed by atoms with Crippen LogP contribution in [0.4, 0.5) is 0 Å². The molecule has 2 rings (SSSR count). The van der Waals surface area contributed by atoms with Gasteiger partial charge in [0.2, 0.25) is 0 Å². The maximum atomic E-state index is 12.0. The minimum absolute atomic E-state index is 0.182. The zero-order valence-electron chi connectivity index (χ0n) is 10.5. The first-order valence-electron chi connectivity index (χ1n) is 5.61. The Morgan fingerprint density at radius 3 is 2.63 bits per heavy atom. The lowest BCUT2D eigenvalue weighted by molar-refractivity contribution is 0.634. The predicted octanol–water partition coefficient (Wildman–Crippen LogP) is 2.16. The summed E-state index contributed by atoms with van der Waals surface area (Å²) in [6, 6.07) is 5.56. The van der Waals surface area contributed by atoms with E-state index >= 15 is 0 Å². The fourth-order valence-corrected chi connectivity index (χ4v) is 2.78. The summed E-state index contributed by atoms with van der Waals surface area (Å²) in [5.74, 6) is 0. The number of rotatable bonds is 2. The van der Waals surface area contributed by atoms with Crippen LogP contribution in [0.3, 0.4) is 0 Å². The smallest absolute Gasteiger partial charge is 0.302 e. The highest BCUT2D eigenvalue weighted by Crippen LogP contribution is 2.17. The second-order valence-electron chi connectivity index (χ2n) is 4.36. The van der Waals surface area contributed by atoms with Crippen molar-refractivity contribution in [1.82, 2.24) is 9.13 Å². The molecule has 0 bridgehead atoms. The summed E-state index contributed by atoms with van der Waals surface area (Å²) in [5.41, 5.74) is 1.16. The van der Waals surface area contributed by atoms with Crippen LogP contribution in [0, 0.1) is 10.5 Å². The van der Waals surface area contributed by atoms with Crippen molar-refractivity contribution in [2.45, 2.75) is 13.5 Å². The largest absolute Gasteiger partial charge is 0.331 e. The van der Waals surface area contributed by atoms with Crippen molar-refractivity contribution in [2.75, 3.05) is 0 Å². The molecule has 0 aliphatic carbocycles.